The Morgan fingerprint density at radius 3 is 2.38 bits per heavy atom. The topological polar surface area (TPSA) is 93.2 Å². The number of hydrogen-bond donors (Lipinski definition) is 2. The number of carbonyl (C=O) groups is 3. The van der Waals surface area contributed by atoms with Gasteiger partial charge in [-0.3, -0.25) is 14.6 Å². The molecule has 8 nitrogen and oxygen atoms in total. The number of nitrogens with one attached hydrogen (secondary N) is 1. The molecule has 0 spiro atoms. The van der Waals surface area contributed by atoms with Crippen LogP contribution in [0.2, 0.25) is 0 Å². The van der Waals surface area contributed by atoms with Crippen LogP contribution in [-0.4, -0.2) is 63.9 Å². The van der Waals surface area contributed by atoms with Crippen molar-refractivity contribution in [3.63, 3.8) is 0 Å². The summed E-state index contributed by atoms with van der Waals surface area (Å²) in [5.41, 5.74) is 2.08. The number of phenols is 1. The second kappa shape index (κ2) is 11.2. The number of fused-ring (bicyclic) bond motifs is 1. The van der Waals surface area contributed by atoms with Crippen molar-refractivity contribution in [1.29, 1.82) is 0 Å². The molecule has 2 unspecified atom stereocenters. The summed E-state index contributed by atoms with van der Waals surface area (Å²) in [7, 11) is 1.68. The lowest BCUT2D eigenvalue weighted by Crippen LogP contribution is -2.70. The van der Waals surface area contributed by atoms with E-state index in [9.17, 15) is 23.9 Å². The molecule has 2 heterocycles. The van der Waals surface area contributed by atoms with Crippen LogP contribution in [0, 0.1) is 17.7 Å². The number of likely N-dealkylation sites (tertiary alicyclic amines) is 1. The molecule has 3 aromatic carbocycles. The first-order valence-electron chi connectivity index (χ1n) is 13.0. The Labute approximate surface area is 226 Å². The van der Waals surface area contributed by atoms with Crippen molar-refractivity contribution in [2.45, 2.75) is 25.6 Å². The van der Waals surface area contributed by atoms with Gasteiger partial charge in [0.2, 0.25) is 5.91 Å². The van der Waals surface area contributed by atoms with E-state index in [0.717, 1.165) is 11.1 Å². The molecule has 2 saturated heterocycles. The summed E-state index contributed by atoms with van der Waals surface area (Å²) in [4.78, 5) is 42.4. The van der Waals surface area contributed by atoms with Crippen molar-refractivity contribution in [2.24, 2.45) is 11.8 Å². The highest BCUT2D eigenvalue weighted by atomic mass is 19.1. The number of piperidine rings is 1. The van der Waals surface area contributed by atoms with Gasteiger partial charge in [0.05, 0.1) is 24.4 Å². The predicted octanol–water partition coefficient (Wildman–Crippen LogP) is 3.36. The number of rotatable bonds is 6. The minimum absolute atomic E-state index is 0.00735. The van der Waals surface area contributed by atoms with Crippen molar-refractivity contribution in [3.8, 4) is 5.75 Å². The van der Waals surface area contributed by atoms with Crippen molar-refractivity contribution in [2.75, 3.05) is 20.1 Å². The monoisotopic (exact) mass is 530 g/mol. The van der Waals surface area contributed by atoms with Gasteiger partial charge in [0.1, 0.15) is 11.6 Å². The van der Waals surface area contributed by atoms with E-state index < -0.39 is 23.7 Å². The van der Waals surface area contributed by atoms with Crippen LogP contribution in [0.4, 0.5) is 9.18 Å². The standard InChI is InChI=1S/C30H31FN4O4/c1-33-19-27(37)28-24(15-20-11-13-23(36)14-12-20)29(38)34(17-22-9-5-6-10-25(22)31)18-26(28)35(33)30(39)32-16-21-7-3-2-4-8-21/h2-14,24,26,28,36H,15-19H2,1H3,(H,32,39)/t24-,26?,28?/m1/s1. The molecule has 0 aliphatic carbocycles. The van der Waals surface area contributed by atoms with Crippen molar-refractivity contribution in [1.82, 2.24) is 20.2 Å². The van der Waals surface area contributed by atoms with E-state index in [1.54, 1.807) is 52.3 Å². The van der Waals surface area contributed by atoms with Gasteiger partial charge >= 0.3 is 6.03 Å². The summed E-state index contributed by atoms with van der Waals surface area (Å²) in [5, 5.41) is 15.8. The normalized spacial score (nSPS) is 21.5. The number of benzene rings is 3. The van der Waals surface area contributed by atoms with E-state index >= 15 is 0 Å². The quantitative estimate of drug-likeness (QED) is 0.510. The fourth-order valence-electron chi connectivity index (χ4n) is 5.65. The first-order chi connectivity index (χ1) is 18.8. The third kappa shape index (κ3) is 5.63. The van der Waals surface area contributed by atoms with Gasteiger partial charge in [-0.15, -0.1) is 0 Å². The minimum atomic E-state index is -0.745. The molecule has 39 heavy (non-hydrogen) atoms. The number of urea groups is 1. The number of aromatic hydroxyl groups is 1. The fourth-order valence-corrected chi connectivity index (χ4v) is 5.65. The number of likely N-dealkylation sites (N-methyl/N-ethyl adjacent to an activating group) is 1. The highest BCUT2D eigenvalue weighted by Crippen LogP contribution is 2.36. The second-order valence-corrected chi connectivity index (χ2v) is 10.2. The highest BCUT2D eigenvalue weighted by Gasteiger charge is 2.53. The smallest absolute Gasteiger partial charge is 0.332 e. The Morgan fingerprint density at radius 2 is 1.67 bits per heavy atom. The summed E-state index contributed by atoms with van der Waals surface area (Å²) in [6, 6.07) is 21.3. The maximum absolute atomic E-state index is 14.6. The molecule has 9 heteroatoms. The zero-order valence-electron chi connectivity index (χ0n) is 21.7. The SMILES string of the molecule is CN1CC(=O)C2C(CN(Cc3ccccc3F)C(=O)[C@@H]2Cc2ccc(O)cc2)N1C(=O)NCc1ccccc1. The first kappa shape index (κ1) is 26.4. The Hall–Kier alpha value is -4.24. The lowest BCUT2D eigenvalue weighted by atomic mass is 9.74. The molecule has 3 atom stereocenters. The zero-order valence-corrected chi connectivity index (χ0v) is 21.7. The Bertz CT molecular complexity index is 1350. The molecule has 2 fully saturated rings. The van der Waals surface area contributed by atoms with Crippen LogP contribution in [-0.2, 0) is 29.1 Å². The first-order valence-corrected chi connectivity index (χ1v) is 13.0. The van der Waals surface area contributed by atoms with Crippen LogP contribution >= 0.6 is 0 Å². The lowest BCUT2D eigenvalue weighted by Gasteiger charge is -2.52. The molecule has 2 aliphatic rings. The number of amides is 3. The fraction of sp³-hybridized carbons (Fsp3) is 0.300. The molecule has 2 N–H and O–H groups in total. The van der Waals surface area contributed by atoms with Crippen LogP contribution in [0.5, 0.6) is 5.75 Å². The van der Waals surface area contributed by atoms with Gasteiger partial charge in [0.15, 0.2) is 5.78 Å². The molecule has 2 aliphatic heterocycles. The van der Waals surface area contributed by atoms with Crippen LogP contribution in [0.3, 0.4) is 0 Å². The number of nitrogens with zero attached hydrogens (tertiary/aromatic N) is 3. The predicted molar refractivity (Wildman–Crippen MR) is 143 cm³/mol. The average Bonchev–Trinajstić information content (AvgIpc) is 2.92. The summed E-state index contributed by atoms with van der Waals surface area (Å²) >= 11 is 0. The van der Waals surface area contributed by atoms with Crippen LogP contribution in [0.25, 0.3) is 0 Å². The number of hydrogen-bond acceptors (Lipinski definition) is 5. The molecular weight excluding hydrogens is 499 g/mol. The van der Waals surface area contributed by atoms with E-state index in [0.29, 0.717) is 12.1 Å². The van der Waals surface area contributed by atoms with Gasteiger partial charge in [0, 0.05) is 32.2 Å². The van der Waals surface area contributed by atoms with Crippen LogP contribution in [0.15, 0.2) is 78.9 Å². The molecule has 0 bridgehead atoms. The summed E-state index contributed by atoms with van der Waals surface area (Å²) in [6.07, 6.45) is 0.253. The molecular formula is C30H31FN4O4. The van der Waals surface area contributed by atoms with E-state index in [2.05, 4.69) is 5.32 Å². The second-order valence-electron chi connectivity index (χ2n) is 10.2. The third-order valence-electron chi connectivity index (χ3n) is 7.53. The van der Waals surface area contributed by atoms with E-state index in [1.165, 1.54) is 18.2 Å². The molecule has 3 amide bonds. The highest BCUT2D eigenvalue weighted by molar-refractivity contribution is 5.93. The maximum Gasteiger partial charge on any atom is 0.332 e. The van der Waals surface area contributed by atoms with Gasteiger partial charge in [-0.1, -0.05) is 60.7 Å². The van der Waals surface area contributed by atoms with Crippen molar-refractivity contribution >= 4 is 17.7 Å². The van der Waals surface area contributed by atoms with E-state index in [1.807, 2.05) is 30.3 Å². The third-order valence-corrected chi connectivity index (χ3v) is 7.53. The molecule has 3 aromatic rings. The number of carbonyl (C=O) groups excluding carboxylic acids is 3. The molecule has 202 valence electrons. The van der Waals surface area contributed by atoms with Crippen LogP contribution < -0.4 is 5.32 Å². The largest absolute Gasteiger partial charge is 0.508 e. The van der Waals surface area contributed by atoms with Crippen molar-refractivity contribution in [3.05, 3.63) is 101 Å². The zero-order chi connectivity index (χ0) is 27.5. The van der Waals surface area contributed by atoms with E-state index in [-0.39, 0.29) is 49.5 Å². The molecule has 0 aromatic heterocycles. The number of Topliss-reactive ketones (excluding diaryl/α,β-unsaturated/α-hetero) is 1. The Balaban J connectivity index is 1.46. The number of halogens is 1. The van der Waals surface area contributed by atoms with Crippen LogP contribution in [0.1, 0.15) is 16.7 Å². The Morgan fingerprint density at radius 1 is 0.974 bits per heavy atom. The Kier molecular flexibility index (Phi) is 7.60. The number of hydrazine groups is 1. The van der Waals surface area contributed by atoms with Gasteiger partial charge in [0.25, 0.3) is 0 Å². The van der Waals surface area contributed by atoms with Crippen molar-refractivity contribution < 1.29 is 23.9 Å². The summed E-state index contributed by atoms with van der Waals surface area (Å²) in [5.74, 6) is -2.15. The van der Waals surface area contributed by atoms with Gasteiger partial charge in [-0.2, -0.15) is 0 Å². The maximum atomic E-state index is 14.6. The molecule has 5 rings (SSSR count). The molecule has 0 saturated carbocycles. The van der Waals surface area contributed by atoms with Gasteiger partial charge in [-0.25, -0.2) is 14.2 Å². The van der Waals surface area contributed by atoms with Gasteiger partial charge in [-0.05, 0) is 35.7 Å². The van der Waals surface area contributed by atoms with E-state index in [4.69, 9.17) is 0 Å². The summed E-state index contributed by atoms with van der Waals surface area (Å²) in [6.45, 7) is 0.424. The van der Waals surface area contributed by atoms with Gasteiger partial charge < -0.3 is 15.3 Å². The summed E-state index contributed by atoms with van der Waals surface area (Å²) < 4.78 is 14.6. The molecule has 0 radical (unpaired) electrons. The number of ketones is 1. The lowest BCUT2D eigenvalue weighted by molar-refractivity contribution is -0.166. The average molecular weight is 531 g/mol. The number of phenolic OH excluding ortho intramolecular Hbond substituents is 1. The minimum Gasteiger partial charge on any atom is -0.508 e.